The van der Waals surface area contributed by atoms with Crippen LogP contribution in [0.15, 0.2) is 30.3 Å². The number of nitrogens with one attached hydrogen (secondary N) is 1. The molecule has 2 N–H and O–H groups in total. The van der Waals surface area contributed by atoms with Gasteiger partial charge in [-0.05, 0) is 38.4 Å². The van der Waals surface area contributed by atoms with Gasteiger partial charge < -0.3 is 10.4 Å². The molecule has 0 bridgehead atoms. The minimum absolute atomic E-state index is 0.0125. The Kier molecular flexibility index (Phi) is 4.33. The summed E-state index contributed by atoms with van der Waals surface area (Å²) in [7, 11) is 0. The lowest BCUT2D eigenvalue weighted by atomic mass is 10.2. The quantitative estimate of drug-likeness (QED) is 0.848. The van der Waals surface area contributed by atoms with E-state index in [4.69, 9.17) is 0 Å². The van der Waals surface area contributed by atoms with E-state index in [0.717, 1.165) is 25.1 Å². The van der Waals surface area contributed by atoms with Gasteiger partial charge in [0.25, 0.3) is 0 Å². The fourth-order valence-corrected chi connectivity index (χ4v) is 2.48. The maximum absolute atomic E-state index is 12.1. The van der Waals surface area contributed by atoms with E-state index in [1.165, 1.54) is 0 Å². The van der Waals surface area contributed by atoms with Crippen LogP contribution < -0.4 is 5.32 Å². The van der Waals surface area contributed by atoms with E-state index < -0.39 is 0 Å². The number of para-hydroxylation sites is 1. The summed E-state index contributed by atoms with van der Waals surface area (Å²) in [6.45, 7) is 2.91. The lowest BCUT2D eigenvalue weighted by Gasteiger charge is -2.28. The van der Waals surface area contributed by atoms with Crippen molar-refractivity contribution >= 4 is 11.6 Å². The van der Waals surface area contributed by atoms with Gasteiger partial charge in [-0.15, -0.1) is 0 Å². The molecule has 0 saturated carbocycles. The third kappa shape index (κ3) is 2.89. The second kappa shape index (κ2) is 5.98. The topological polar surface area (TPSA) is 52.6 Å². The minimum Gasteiger partial charge on any atom is -0.395 e. The van der Waals surface area contributed by atoms with Crippen molar-refractivity contribution in [3.8, 4) is 0 Å². The number of benzene rings is 1. The molecule has 2 rings (SSSR count). The zero-order chi connectivity index (χ0) is 13.0. The Hall–Kier alpha value is -1.39. The van der Waals surface area contributed by atoms with Gasteiger partial charge in [-0.2, -0.15) is 0 Å². The molecular formula is C14H20N2O2. The molecule has 1 saturated heterocycles. The summed E-state index contributed by atoms with van der Waals surface area (Å²) >= 11 is 0. The number of aliphatic hydroxyl groups excluding tert-OH is 1. The Labute approximate surface area is 108 Å². The Balaban J connectivity index is 1.96. The first-order valence-corrected chi connectivity index (χ1v) is 6.45. The Morgan fingerprint density at radius 2 is 2.22 bits per heavy atom. The number of carbonyl (C=O) groups excluding carboxylic acids is 1. The van der Waals surface area contributed by atoms with E-state index in [9.17, 15) is 9.90 Å². The van der Waals surface area contributed by atoms with Crippen molar-refractivity contribution in [1.29, 1.82) is 0 Å². The molecule has 0 spiro atoms. The van der Waals surface area contributed by atoms with Crippen LogP contribution in [0.3, 0.4) is 0 Å². The predicted octanol–water partition coefficient (Wildman–Crippen LogP) is 1.47. The van der Waals surface area contributed by atoms with Gasteiger partial charge in [-0.25, -0.2) is 0 Å². The second-order valence-electron chi connectivity index (χ2n) is 4.75. The maximum atomic E-state index is 12.1. The van der Waals surface area contributed by atoms with Gasteiger partial charge in [0.15, 0.2) is 0 Å². The average Bonchev–Trinajstić information content (AvgIpc) is 2.87. The summed E-state index contributed by atoms with van der Waals surface area (Å²) in [5.74, 6) is -0.0125. The van der Waals surface area contributed by atoms with Crippen LogP contribution in [-0.4, -0.2) is 41.1 Å². The number of aliphatic hydroxyl groups is 1. The molecule has 2 atom stereocenters. The van der Waals surface area contributed by atoms with Gasteiger partial charge in [-0.1, -0.05) is 18.2 Å². The molecule has 1 unspecified atom stereocenters. The zero-order valence-electron chi connectivity index (χ0n) is 10.7. The van der Waals surface area contributed by atoms with E-state index in [2.05, 4.69) is 10.2 Å². The first-order chi connectivity index (χ1) is 8.72. The third-order valence-electron chi connectivity index (χ3n) is 3.55. The van der Waals surface area contributed by atoms with Gasteiger partial charge in [0, 0.05) is 11.7 Å². The molecule has 4 heteroatoms. The molecule has 1 aromatic rings. The lowest BCUT2D eigenvalue weighted by Crippen LogP contribution is -2.45. The van der Waals surface area contributed by atoms with Gasteiger partial charge in [0.2, 0.25) is 5.91 Å². The Bertz CT molecular complexity index is 394. The van der Waals surface area contributed by atoms with Gasteiger partial charge >= 0.3 is 0 Å². The lowest BCUT2D eigenvalue weighted by molar-refractivity contribution is -0.121. The fraction of sp³-hybridized carbons (Fsp3) is 0.500. The summed E-state index contributed by atoms with van der Waals surface area (Å²) in [4.78, 5) is 14.2. The number of hydrogen-bond donors (Lipinski definition) is 2. The zero-order valence-corrected chi connectivity index (χ0v) is 10.7. The van der Waals surface area contributed by atoms with Crippen LogP contribution in [0, 0.1) is 0 Å². The molecular weight excluding hydrogens is 228 g/mol. The largest absolute Gasteiger partial charge is 0.395 e. The molecule has 1 heterocycles. The Morgan fingerprint density at radius 3 is 2.89 bits per heavy atom. The van der Waals surface area contributed by atoms with Crippen molar-refractivity contribution in [2.75, 3.05) is 18.5 Å². The van der Waals surface area contributed by atoms with Crippen LogP contribution in [0.2, 0.25) is 0 Å². The van der Waals surface area contributed by atoms with Gasteiger partial charge in [0.05, 0.1) is 12.6 Å². The normalized spacial score (nSPS) is 21.8. The standard InChI is InChI=1S/C14H20N2O2/c1-11(16-9-5-8-13(16)10-17)14(18)15-12-6-3-2-4-7-12/h2-4,6-7,11,13,17H,5,8-10H2,1H3,(H,15,18)/t11?,13-/m1/s1. The number of amides is 1. The highest BCUT2D eigenvalue weighted by atomic mass is 16.3. The van der Waals surface area contributed by atoms with Crippen molar-refractivity contribution in [3.63, 3.8) is 0 Å². The summed E-state index contributed by atoms with van der Waals surface area (Å²) < 4.78 is 0. The van der Waals surface area contributed by atoms with Crippen LogP contribution in [0.5, 0.6) is 0 Å². The van der Waals surface area contributed by atoms with Gasteiger partial charge in [-0.3, -0.25) is 9.69 Å². The molecule has 18 heavy (non-hydrogen) atoms. The highest BCUT2D eigenvalue weighted by Crippen LogP contribution is 2.20. The van der Waals surface area contributed by atoms with E-state index >= 15 is 0 Å². The maximum Gasteiger partial charge on any atom is 0.241 e. The van der Waals surface area contributed by atoms with E-state index in [1.54, 1.807) is 0 Å². The van der Waals surface area contributed by atoms with Crippen molar-refractivity contribution in [2.45, 2.75) is 31.8 Å². The van der Waals surface area contributed by atoms with E-state index in [-0.39, 0.29) is 24.6 Å². The number of nitrogens with zero attached hydrogens (tertiary/aromatic N) is 1. The molecule has 1 aliphatic heterocycles. The van der Waals surface area contributed by atoms with Crippen LogP contribution in [-0.2, 0) is 4.79 Å². The highest BCUT2D eigenvalue weighted by Gasteiger charge is 2.31. The molecule has 98 valence electrons. The van der Waals surface area contributed by atoms with Crippen molar-refractivity contribution in [3.05, 3.63) is 30.3 Å². The van der Waals surface area contributed by atoms with Crippen molar-refractivity contribution in [1.82, 2.24) is 4.90 Å². The summed E-state index contributed by atoms with van der Waals surface area (Å²) in [5, 5.41) is 12.2. The number of hydrogen-bond acceptors (Lipinski definition) is 3. The smallest absolute Gasteiger partial charge is 0.241 e. The highest BCUT2D eigenvalue weighted by molar-refractivity contribution is 5.94. The van der Waals surface area contributed by atoms with E-state index in [1.807, 2.05) is 37.3 Å². The SMILES string of the molecule is CC(C(=O)Nc1ccccc1)N1CCC[C@@H]1CO. The van der Waals surface area contributed by atoms with Crippen molar-refractivity contribution in [2.24, 2.45) is 0 Å². The van der Waals surface area contributed by atoms with Crippen molar-refractivity contribution < 1.29 is 9.90 Å². The van der Waals surface area contributed by atoms with Gasteiger partial charge in [0.1, 0.15) is 0 Å². The molecule has 4 nitrogen and oxygen atoms in total. The average molecular weight is 248 g/mol. The molecule has 1 amide bonds. The molecule has 1 fully saturated rings. The first-order valence-electron chi connectivity index (χ1n) is 6.45. The number of carbonyl (C=O) groups is 1. The second-order valence-corrected chi connectivity index (χ2v) is 4.75. The van der Waals surface area contributed by atoms with Crippen LogP contribution in [0.25, 0.3) is 0 Å². The predicted molar refractivity (Wildman–Crippen MR) is 71.3 cm³/mol. The fourth-order valence-electron chi connectivity index (χ4n) is 2.48. The number of anilines is 1. The number of rotatable bonds is 4. The molecule has 0 aliphatic carbocycles. The summed E-state index contributed by atoms with van der Waals surface area (Å²) in [5.41, 5.74) is 0.814. The monoisotopic (exact) mass is 248 g/mol. The summed E-state index contributed by atoms with van der Waals surface area (Å²) in [6, 6.07) is 9.38. The summed E-state index contributed by atoms with van der Waals surface area (Å²) in [6.07, 6.45) is 2.02. The Morgan fingerprint density at radius 1 is 1.50 bits per heavy atom. The molecule has 0 radical (unpaired) electrons. The van der Waals surface area contributed by atoms with Crippen LogP contribution in [0.4, 0.5) is 5.69 Å². The molecule has 0 aromatic heterocycles. The first kappa shape index (κ1) is 13.1. The third-order valence-corrected chi connectivity index (χ3v) is 3.55. The number of likely N-dealkylation sites (tertiary alicyclic amines) is 1. The van der Waals surface area contributed by atoms with Crippen LogP contribution in [0.1, 0.15) is 19.8 Å². The molecule has 1 aliphatic rings. The van der Waals surface area contributed by atoms with Crippen LogP contribution >= 0.6 is 0 Å². The minimum atomic E-state index is -0.204. The van der Waals surface area contributed by atoms with E-state index in [0.29, 0.717) is 0 Å². The molecule has 1 aromatic carbocycles.